The van der Waals surface area contributed by atoms with E-state index < -0.39 is 0 Å². The lowest BCUT2D eigenvalue weighted by molar-refractivity contribution is 0.102. The first-order valence-corrected chi connectivity index (χ1v) is 7.57. The zero-order valence-corrected chi connectivity index (χ0v) is 12.3. The molecule has 3 nitrogen and oxygen atoms in total. The van der Waals surface area contributed by atoms with E-state index in [0.717, 1.165) is 22.4 Å². The molecule has 0 saturated heterocycles. The Morgan fingerprint density at radius 2 is 2.11 bits per heavy atom. The number of alkyl halides is 1. The Hall–Kier alpha value is -1.20. The van der Waals surface area contributed by atoms with Gasteiger partial charge in [0.1, 0.15) is 5.69 Å². The molecule has 1 heterocycles. The molecule has 0 aliphatic rings. The van der Waals surface area contributed by atoms with Crippen molar-refractivity contribution < 1.29 is 4.79 Å². The van der Waals surface area contributed by atoms with Crippen molar-refractivity contribution in [2.45, 2.75) is 13.3 Å². The summed E-state index contributed by atoms with van der Waals surface area (Å²) < 4.78 is 0. The van der Waals surface area contributed by atoms with Crippen LogP contribution in [-0.2, 0) is 6.42 Å². The minimum atomic E-state index is -0.160. The van der Waals surface area contributed by atoms with Crippen molar-refractivity contribution in [1.82, 2.24) is 4.98 Å². The molecule has 18 heavy (non-hydrogen) atoms. The molecule has 0 fully saturated rings. The Morgan fingerprint density at radius 1 is 1.39 bits per heavy atom. The van der Waals surface area contributed by atoms with E-state index in [0.29, 0.717) is 5.69 Å². The highest BCUT2D eigenvalue weighted by Gasteiger charge is 2.09. The highest BCUT2D eigenvalue weighted by atomic mass is 79.9. The van der Waals surface area contributed by atoms with E-state index in [1.165, 1.54) is 16.9 Å². The largest absolute Gasteiger partial charge is 0.321 e. The quantitative estimate of drug-likeness (QED) is 0.872. The van der Waals surface area contributed by atoms with Crippen LogP contribution in [0.2, 0.25) is 0 Å². The molecule has 1 aromatic carbocycles. The van der Waals surface area contributed by atoms with Gasteiger partial charge in [0.05, 0.1) is 5.01 Å². The molecule has 1 amide bonds. The number of aryl methyl sites for hydroxylation is 2. The first kappa shape index (κ1) is 13.2. The molecule has 2 aromatic rings. The lowest BCUT2D eigenvalue weighted by Gasteiger charge is -2.04. The molecule has 1 N–H and O–H groups in total. The van der Waals surface area contributed by atoms with Crippen molar-refractivity contribution in [3.63, 3.8) is 0 Å². The number of carbonyl (C=O) groups is 1. The van der Waals surface area contributed by atoms with Crippen molar-refractivity contribution in [3.05, 3.63) is 45.9 Å². The maximum absolute atomic E-state index is 11.9. The van der Waals surface area contributed by atoms with Crippen LogP contribution < -0.4 is 5.32 Å². The Kier molecular flexibility index (Phi) is 4.49. The number of nitrogens with one attached hydrogen (secondary N) is 1. The van der Waals surface area contributed by atoms with E-state index in [-0.39, 0.29) is 5.91 Å². The van der Waals surface area contributed by atoms with E-state index in [1.54, 1.807) is 5.38 Å². The zero-order chi connectivity index (χ0) is 13.0. The van der Waals surface area contributed by atoms with E-state index in [1.807, 2.05) is 31.2 Å². The molecule has 0 unspecified atom stereocenters. The van der Waals surface area contributed by atoms with E-state index >= 15 is 0 Å². The van der Waals surface area contributed by atoms with Crippen molar-refractivity contribution in [1.29, 1.82) is 0 Å². The second kappa shape index (κ2) is 6.11. The van der Waals surface area contributed by atoms with Gasteiger partial charge in [0, 0.05) is 16.4 Å². The first-order valence-electron chi connectivity index (χ1n) is 5.57. The fourth-order valence-corrected chi connectivity index (χ4v) is 2.58. The molecule has 1 aromatic heterocycles. The van der Waals surface area contributed by atoms with Gasteiger partial charge in [-0.05, 0) is 31.0 Å². The van der Waals surface area contributed by atoms with Gasteiger partial charge in [0.15, 0.2) is 0 Å². The number of benzene rings is 1. The summed E-state index contributed by atoms with van der Waals surface area (Å²) in [6, 6.07) is 7.86. The predicted octanol–water partition coefficient (Wildman–Crippen LogP) is 3.64. The summed E-state index contributed by atoms with van der Waals surface area (Å²) in [6.07, 6.45) is 0.986. The summed E-state index contributed by atoms with van der Waals surface area (Å²) in [7, 11) is 0. The van der Waals surface area contributed by atoms with Crippen LogP contribution in [0.4, 0.5) is 5.69 Å². The number of amides is 1. The Morgan fingerprint density at radius 3 is 2.67 bits per heavy atom. The summed E-state index contributed by atoms with van der Waals surface area (Å²) in [4.78, 5) is 16.0. The Balaban J connectivity index is 2.03. The molecule has 94 valence electrons. The second-order valence-corrected chi connectivity index (χ2v) is 5.70. The molecule has 0 spiro atoms. The number of halogens is 1. The third kappa shape index (κ3) is 3.40. The van der Waals surface area contributed by atoms with Gasteiger partial charge >= 0.3 is 0 Å². The van der Waals surface area contributed by atoms with Gasteiger partial charge in [-0.3, -0.25) is 4.79 Å². The highest BCUT2D eigenvalue weighted by molar-refractivity contribution is 9.09. The zero-order valence-electron chi connectivity index (χ0n) is 9.94. The minimum Gasteiger partial charge on any atom is -0.321 e. The van der Waals surface area contributed by atoms with Crippen LogP contribution >= 0.6 is 27.3 Å². The van der Waals surface area contributed by atoms with E-state index in [4.69, 9.17) is 0 Å². The number of nitrogens with zero attached hydrogens (tertiary/aromatic N) is 1. The molecule has 5 heteroatoms. The normalized spacial score (nSPS) is 10.3. The van der Waals surface area contributed by atoms with Crippen LogP contribution in [0.3, 0.4) is 0 Å². The number of anilines is 1. The minimum absolute atomic E-state index is 0.160. The van der Waals surface area contributed by atoms with Gasteiger partial charge in [-0.15, -0.1) is 11.3 Å². The summed E-state index contributed by atoms with van der Waals surface area (Å²) in [5.41, 5.74) is 2.51. The van der Waals surface area contributed by atoms with Crippen molar-refractivity contribution in [2.75, 3.05) is 10.6 Å². The molecule has 2 rings (SSSR count). The van der Waals surface area contributed by atoms with Crippen LogP contribution in [0, 0.1) is 6.92 Å². The Bertz CT molecular complexity index is 536. The number of aromatic nitrogens is 1. The van der Waals surface area contributed by atoms with Crippen molar-refractivity contribution in [2.24, 2.45) is 0 Å². The molecule has 0 aliphatic carbocycles. The molecule has 0 atom stereocenters. The van der Waals surface area contributed by atoms with Gasteiger partial charge in [-0.1, -0.05) is 28.1 Å². The average molecular weight is 325 g/mol. The van der Waals surface area contributed by atoms with Gasteiger partial charge in [-0.2, -0.15) is 0 Å². The van der Waals surface area contributed by atoms with Crippen LogP contribution in [0.15, 0.2) is 29.6 Å². The smallest absolute Gasteiger partial charge is 0.275 e. The molecule has 0 aliphatic heterocycles. The van der Waals surface area contributed by atoms with Gasteiger partial charge in [0.25, 0.3) is 5.91 Å². The maximum atomic E-state index is 11.9. The van der Waals surface area contributed by atoms with Crippen LogP contribution in [0.5, 0.6) is 0 Å². The monoisotopic (exact) mass is 324 g/mol. The van der Waals surface area contributed by atoms with Crippen molar-refractivity contribution in [3.8, 4) is 0 Å². The number of thiazole rings is 1. The SMILES string of the molecule is Cc1nc(C(=O)Nc2ccc(CCBr)cc2)cs1. The lowest BCUT2D eigenvalue weighted by Crippen LogP contribution is -2.12. The number of rotatable bonds is 4. The summed E-state index contributed by atoms with van der Waals surface area (Å²) in [6.45, 7) is 1.89. The summed E-state index contributed by atoms with van der Waals surface area (Å²) in [5.74, 6) is -0.160. The van der Waals surface area contributed by atoms with Gasteiger partial charge in [0.2, 0.25) is 0 Å². The Labute approximate surface area is 118 Å². The molecule has 0 radical (unpaired) electrons. The summed E-state index contributed by atoms with van der Waals surface area (Å²) in [5, 5.41) is 6.44. The van der Waals surface area contributed by atoms with Crippen LogP contribution in [-0.4, -0.2) is 16.2 Å². The lowest BCUT2D eigenvalue weighted by atomic mass is 10.1. The van der Waals surface area contributed by atoms with Crippen molar-refractivity contribution >= 4 is 38.9 Å². The average Bonchev–Trinajstić information content (AvgIpc) is 2.79. The van der Waals surface area contributed by atoms with E-state index in [2.05, 4.69) is 26.2 Å². The predicted molar refractivity (Wildman–Crippen MR) is 78.7 cm³/mol. The number of hydrogen-bond donors (Lipinski definition) is 1. The van der Waals surface area contributed by atoms with Gasteiger partial charge < -0.3 is 5.32 Å². The topological polar surface area (TPSA) is 42.0 Å². The second-order valence-electron chi connectivity index (χ2n) is 3.84. The molecule has 0 bridgehead atoms. The molecular formula is C13H13BrN2OS. The van der Waals surface area contributed by atoms with Gasteiger partial charge in [-0.25, -0.2) is 4.98 Å². The van der Waals surface area contributed by atoms with E-state index in [9.17, 15) is 4.79 Å². The maximum Gasteiger partial charge on any atom is 0.275 e. The molecular weight excluding hydrogens is 312 g/mol. The standard InChI is InChI=1S/C13H13BrN2OS/c1-9-15-12(8-18-9)13(17)16-11-4-2-10(3-5-11)6-7-14/h2-5,8H,6-7H2,1H3,(H,16,17). The highest BCUT2D eigenvalue weighted by Crippen LogP contribution is 2.13. The number of carbonyl (C=O) groups excluding carboxylic acids is 1. The fraction of sp³-hybridized carbons (Fsp3) is 0.231. The third-order valence-electron chi connectivity index (χ3n) is 2.45. The van der Waals surface area contributed by atoms with Crippen LogP contribution in [0.1, 0.15) is 21.1 Å². The first-order chi connectivity index (χ1) is 8.69. The number of hydrogen-bond acceptors (Lipinski definition) is 3. The summed E-state index contributed by atoms with van der Waals surface area (Å²) >= 11 is 4.88. The molecule has 0 saturated carbocycles. The third-order valence-corrected chi connectivity index (χ3v) is 3.62. The fourth-order valence-electron chi connectivity index (χ4n) is 1.53. The van der Waals surface area contributed by atoms with Crippen LogP contribution in [0.25, 0.3) is 0 Å².